The zero-order valence-corrected chi connectivity index (χ0v) is 17.1. The van der Waals surface area contributed by atoms with E-state index in [9.17, 15) is 19.8 Å². The summed E-state index contributed by atoms with van der Waals surface area (Å²) < 4.78 is 5.21. The van der Waals surface area contributed by atoms with Crippen molar-refractivity contribution in [1.29, 1.82) is 0 Å². The topological polar surface area (TPSA) is 108 Å². The molecule has 0 spiro atoms. The lowest BCUT2D eigenvalue weighted by atomic mass is 9.99. The summed E-state index contributed by atoms with van der Waals surface area (Å²) >= 11 is 0. The first-order valence-electron chi connectivity index (χ1n) is 9.76. The van der Waals surface area contributed by atoms with Crippen LogP contribution in [-0.2, 0) is 17.8 Å². The van der Waals surface area contributed by atoms with E-state index in [1.807, 2.05) is 42.5 Å². The Morgan fingerprint density at radius 1 is 0.968 bits per heavy atom. The van der Waals surface area contributed by atoms with Crippen LogP contribution in [0.2, 0.25) is 0 Å². The zero-order valence-electron chi connectivity index (χ0n) is 17.1. The molecule has 0 saturated carbocycles. The van der Waals surface area contributed by atoms with Crippen molar-refractivity contribution in [2.45, 2.75) is 19.4 Å². The van der Waals surface area contributed by atoms with E-state index in [-0.39, 0.29) is 18.9 Å². The summed E-state index contributed by atoms with van der Waals surface area (Å²) in [5.41, 5.74) is 4.19. The van der Waals surface area contributed by atoms with E-state index in [1.54, 1.807) is 24.3 Å². The monoisotopic (exact) mass is 420 g/mol. The van der Waals surface area contributed by atoms with E-state index in [4.69, 9.17) is 4.74 Å². The van der Waals surface area contributed by atoms with E-state index < -0.39 is 6.09 Å². The standard InChI is InChI=1S/C24H24N2O5/c1-31-22-14-19(10-9-18(22)15-27)25-23(28)12-8-16-7-11-20(17-5-3-2-4-6-17)21(13-16)26-24(29)30/h2-7,9-11,13-14,26-27H,8,12,15H2,1H3,(H,25,28)(H,29,30). The summed E-state index contributed by atoms with van der Waals surface area (Å²) in [5.74, 6) is 0.319. The molecule has 0 aliphatic heterocycles. The maximum Gasteiger partial charge on any atom is 0.409 e. The van der Waals surface area contributed by atoms with Crippen LogP contribution in [0.3, 0.4) is 0 Å². The highest BCUT2D eigenvalue weighted by Crippen LogP contribution is 2.29. The highest BCUT2D eigenvalue weighted by atomic mass is 16.5. The van der Waals surface area contributed by atoms with Gasteiger partial charge in [0.2, 0.25) is 5.91 Å². The second-order valence-corrected chi connectivity index (χ2v) is 6.91. The van der Waals surface area contributed by atoms with E-state index in [0.717, 1.165) is 16.7 Å². The Balaban J connectivity index is 1.69. The Hall–Kier alpha value is -3.84. The molecule has 7 heteroatoms. The smallest absolute Gasteiger partial charge is 0.409 e. The minimum atomic E-state index is -1.15. The van der Waals surface area contributed by atoms with Crippen molar-refractivity contribution in [3.8, 4) is 16.9 Å². The van der Waals surface area contributed by atoms with Gasteiger partial charge in [0.15, 0.2) is 0 Å². The average Bonchev–Trinajstić information content (AvgIpc) is 2.78. The summed E-state index contributed by atoms with van der Waals surface area (Å²) in [5, 5.41) is 23.7. The summed E-state index contributed by atoms with van der Waals surface area (Å²) in [6.45, 7) is -0.150. The Morgan fingerprint density at radius 3 is 2.42 bits per heavy atom. The number of amides is 2. The molecule has 0 radical (unpaired) electrons. The Labute approximate surface area is 180 Å². The van der Waals surface area contributed by atoms with Crippen molar-refractivity contribution in [1.82, 2.24) is 0 Å². The molecule has 0 heterocycles. The van der Waals surface area contributed by atoms with Gasteiger partial charge >= 0.3 is 6.09 Å². The molecule has 0 fully saturated rings. The number of rotatable bonds is 8. The molecule has 3 aromatic carbocycles. The van der Waals surface area contributed by atoms with E-state index in [1.165, 1.54) is 7.11 Å². The molecular weight excluding hydrogens is 396 g/mol. The lowest BCUT2D eigenvalue weighted by molar-refractivity contribution is -0.116. The van der Waals surface area contributed by atoms with E-state index >= 15 is 0 Å². The van der Waals surface area contributed by atoms with Crippen molar-refractivity contribution < 1.29 is 24.5 Å². The van der Waals surface area contributed by atoms with Crippen LogP contribution in [0.25, 0.3) is 11.1 Å². The highest BCUT2D eigenvalue weighted by molar-refractivity contribution is 5.92. The molecule has 0 unspecified atom stereocenters. The number of methoxy groups -OCH3 is 1. The molecule has 0 aliphatic rings. The van der Waals surface area contributed by atoms with E-state index in [0.29, 0.717) is 29.1 Å². The minimum Gasteiger partial charge on any atom is -0.496 e. The number of aliphatic hydroxyl groups is 1. The van der Waals surface area contributed by atoms with Gasteiger partial charge in [-0.3, -0.25) is 10.1 Å². The molecule has 160 valence electrons. The quantitative estimate of drug-likeness (QED) is 0.429. The number of carboxylic acid groups (broad SMARTS) is 1. The van der Waals surface area contributed by atoms with Gasteiger partial charge in [0.25, 0.3) is 0 Å². The normalized spacial score (nSPS) is 10.4. The van der Waals surface area contributed by atoms with Crippen molar-refractivity contribution in [3.05, 3.63) is 77.9 Å². The minimum absolute atomic E-state index is 0.150. The number of aliphatic hydroxyl groups excluding tert-OH is 1. The van der Waals surface area contributed by atoms with Gasteiger partial charge in [-0.2, -0.15) is 0 Å². The molecule has 0 aromatic heterocycles. The van der Waals surface area contributed by atoms with Crippen LogP contribution >= 0.6 is 0 Å². The molecule has 7 nitrogen and oxygen atoms in total. The molecule has 0 saturated heterocycles. The molecule has 31 heavy (non-hydrogen) atoms. The third kappa shape index (κ3) is 5.83. The first-order valence-corrected chi connectivity index (χ1v) is 9.76. The number of carbonyl (C=O) groups excluding carboxylic acids is 1. The van der Waals surface area contributed by atoms with Gasteiger partial charge in [0.05, 0.1) is 19.4 Å². The number of hydrogen-bond donors (Lipinski definition) is 4. The highest BCUT2D eigenvalue weighted by Gasteiger charge is 2.11. The predicted octanol–water partition coefficient (Wildman–Crippen LogP) is 4.52. The number of ether oxygens (including phenoxy) is 1. The molecular formula is C24H24N2O5. The Morgan fingerprint density at radius 2 is 1.74 bits per heavy atom. The molecule has 4 N–H and O–H groups in total. The Bertz CT molecular complexity index is 1070. The molecule has 2 amide bonds. The van der Waals surface area contributed by atoms with Crippen LogP contribution < -0.4 is 15.4 Å². The van der Waals surface area contributed by atoms with Crippen molar-refractivity contribution >= 4 is 23.4 Å². The van der Waals surface area contributed by atoms with Gasteiger partial charge in [-0.05, 0) is 29.7 Å². The van der Waals surface area contributed by atoms with E-state index in [2.05, 4.69) is 10.6 Å². The summed E-state index contributed by atoms with van der Waals surface area (Å²) in [7, 11) is 1.50. The number of hydrogen-bond acceptors (Lipinski definition) is 4. The molecule has 0 atom stereocenters. The van der Waals surface area contributed by atoms with Crippen LogP contribution in [-0.4, -0.2) is 29.3 Å². The first-order chi connectivity index (χ1) is 15.0. The van der Waals surface area contributed by atoms with Gasteiger partial charge in [0.1, 0.15) is 5.75 Å². The molecule has 3 aromatic rings. The zero-order chi connectivity index (χ0) is 22.2. The maximum absolute atomic E-state index is 12.4. The average molecular weight is 420 g/mol. The number of carbonyl (C=O) groups is 2. The summed E-state index contributed by atoms with van der Waals surface area (Å²) in [6.07, 6.45) is -0.477. The van der Waals surface area contributed by atoms with Crippen LogP contribution in [0.1, 0.15) is 17.5 Å². The third-order valence-corrected chi connectivity index (χ3v) is 4.79. The van der Waals surface area contributed by atoms with Gasteiger partial charge < -0.3 is 20.3 Å². The lowest BCUT2D eigenvalue weighted by Crippen LogP contribution is -2.13. The fourth-order valence-corrected chi connectivity index (χ4v) is 3.27. The van der Waals surface area contributed by atoms with Crippen molar-refractivity contribution in [3.63, 3.8) is 0 Å². The van der Waals surface area contributed by atoms with Crippen LogP contribution in [0.15, 0.2) is 66.7 Å². The van der Waals surface area contributed by atoms with Crippen molar-refractivity contribution in [2.24, 2.45) is 0 Å². The van der Waals surface area contributed by atoms with Crippen LogP contribution in [0.4, 0.5) is 16.2 Å². The molecule has 3 rings (SSSR count). The van der Waals surface area contributed by atoms with Crippen LogP contribution in [0.5, 0.6) is 5.75 Å². The second-order valence-electron chi connectivity index (χ2n) is 6.91. The third-order valence-electron chi connectivity index (χ3n) is 4.79. The summed E-state index contributed by atoms with van der Waals surface area (Å²) in [4.78, 5) is 23.6. The summed E-state index contributed by atoms with van der Waals surface area (Å²) in [6, 6.07) is 20.0. The predicted molar refractivity (Wildman–Crippen MR) is 119 cm³/mol. The number of benzene rings is 3. The molecule has 0 bridgehead atoms. The number of anilines is 2. The SMILES string of the molecule is COc1cc(NC(=O)CCc2ccc(-c3ccccc3)c(NC(=O)O)c2)ccc1CO. The van der Waals surface area contributed by atoms with Gasteiger partial charge in [0, 0.05) is 29.3 Å². The number of aryl methyl sites for hydroxylation is 1. The van der Waals surface area contributed by atoms with Gasteiger partial charge in [-0.1, -0.05) is 48.5 Å². The fraction of sp³-hybridized carbons (Fsp3) is 0.167. The van der Waals surface area contributed by atoms with Crippen LogP contribution in [0, 0.1) is 0 Å². The largest absolute Gasteiger partial charge is 0.496 e. The Kier molecular flexibility index (Phi) is 7.24. The van der Waals surface area contributed by atoms with Gasteiger partial charge in [-0.25, -0.2) is 4.79 Å². The first kappa shape index (κ1) is 21.9. The van der Waals surface area contributed by atoms with Gasteiger partial charge in [-0.15, -0.1) is 0 Å². The molecule has 0 aliphatic carbocycles. The second kappa shape index (κ2) is 10.3. The maximum atomic E-state index is 12.4. The fourth-order valence-electron chi connectivity index (χ4n) is 3.27. The number of nitrogens with one attached hydrogen (secondary N) is 2. The lowest BCUT2D eigenvalue weighted by Gasteiger charge is -2.13. The van der Waals surface area contributed by atoms with Crippen molar-refractivity contribution in [2.75, 3.05) is 17.7 Å².